The number of halogens is 2. The number of fused-ring (bicyclic) bond motifs is 2. The van der Waals surface area contributed by atoms with Crippen molar-refractivity contribution >= 4 is 52.1 Å². The van der Waals surface area contributed by atoms with Crippen molar-refractivity contribution in [1.29, 1.82) is 0 Å². The molecule has 0 saturated heterocycles. The van der Waals surface area contributed by atoms with E-state index in [-0.39, 0.29) is 24.1 Å². The Labute approximate surface area is 183 Å². The van der Waals surface area contributed by atoms with E-state index in [0.29, 0.717) is 21.7 Å². The summed E-state index contributed by atoms with van der Waals surface area (Å²) in [5.74, 6) is 0.253. The Bertz CT molecular complexity index is 1130. The van der Waals surface area contributed by atoms with Gasteiger partial charge in [-0.25, -0.2) is 4.98 Å². The first-order valence-electron chi connectivity index (χ1n) is 9.50. The summed E-state index contributed by atoms with van der Waals surface area (Å²) in [5, 5.41) is 7.30. The summed E-state index contributed by atoms with van der Waals surface area (Å²) < 4.78 is 5.73. The number of para-hydroxylation sites is 1. The van der Waals surface area contributed by atoms with Gasteiger partial charge < -0.3 is 15.4 Å². The topological polar surface area (TPSA) is 79.4 Å². The first kappa shape index (κ1) is 19.0. The average molecular weight is 442 g/mol. The van der Waals surface area contributed by atoms with Crippen LogP contribution in [0.5, 0.6) is 5.88 Å². The lowest BCUT2D eigenvalue weighted by atomic mass is 10.0. The van der Waals surface area contributed by atoms with Crippen LogP contribution >= 0.6 is 23.2 Å². The van der Waals surface area contributed by atoms with Crippen LogP contribution in [-0.2, 0) is 6.42 Å². The number of hydrogen-bond acceptors (Lipinski definition) is 6. The normalized spacial score (nSPS) is 15.0. The Kier molecular flexibility index (Phi) is 4.84. The number of aryl methyl sites for hydroxylation is 1. The van der Waals surface area contributed by atoms with Crippen LogP contribution < -0.4 is 20.3 Å². The van der Waals surface area contributed by atoms with Gasteiger partial charge in [-0.15, -0.1) is 0 Å². The Morgan fingerprint density at radius 3 is 2.83 bits per heavy atom. The van der Waals surface area contributed by atoms with Crippen molar-refractivity contribution in [3.63, 3.8) is 0 Å². The molecule has 0 spiro atoms. The van der Waals surface area contributed by atoms with Crippen LogP contribution in [0, 0.1) is 0 Å². The minimum absolute atomic E-state index is 0.0454. The molecular weight excluding hydrogens is 425 g/mol. The third kappa shape index (κ3) is 3.40. The minimum Gasteiger partial charge on any atom is -0.455 e. The molecular formula is C21H17Cl2N5O2. The Morgan fingerprint density at radius 1 is 1.17 bits per heavy atom. The fraction of sp³-hybridized carbons (Fsp3) is 0.190. The molecule has 0 fully saturated rings. The Hall–Kier alpha value is -3.03. The van der Waals surface area contributed by atoms with E-state index in [1.807, 2.05) is 12.1 Å². The zero-order chi connectivity index (χ0) is 20.7. The third-order valence-corrected chi connectivity index (χ3v) is 5.68. The minimum atomic E-state index is -0.322. The molecule has 7 nitrogen and oxygen atoms in total. The number of rotatable bonds is 3. The molecule has 2 aliphatic heterocycles. The maximum Gasteiger partial charge on any atom is 0.268 e. The zero-order valence-electron chi connectivity index (χ0n) is 15.8. The van der Waals surface area contributed by atoms with E-state index in [4.69, 9.17) is 27.9 Å². The molecule has 0 atom stereocenters. The first-order valence-corrected chi connectivity index (χ1v) is 10.3. The van der Waals surface area contributed by atoms with Gasteiger partial charge in [0.1, 0.15) is 5.56 Å². The maximum absolute atomic E-state index is 13.0. The fourth-order valence-electron chi connectivity index (χ4n) is 3.61. The van der Waals surface area contributed by atoms with Crippen LogP contribution in [0.15, 0.2) is 42.6 Å². The number of carbonyl (C=O) groups excluding carboxylic acids is 1. The van der Waals surface area contributed by atoms with Crippen molar-refractivity contribution in [1.82, 2.24) is 9.97 Å². The summed E-state index contributed by atoms with van der Waals surface area (Å²) in [6, 6.07) is 11.1. The standard InChI is InChI=1S/C21H17Cl2N5O2/c22-15-4-1-5-16(23)18(15)28-11-30-19-14(20(28)29)10-25-21(27-19)26-13-6-7-17-12(9-13)3-2-8-24-17/h1,4-7,9-10,24H,2-3,8,11H2,(H,25,26,27). The fourth-order valence-corrected chi connectivity index (χ4v) is 4.21. The molecule has 0 radical (unpaired) electrons. The average Bonchev–Trinajstić information content (AvgIpc) is 2.75. The van der Waals surface area contributed by atoms with E-state index in [0.717, 1.165) is 30.8 Å². The van der Waals surface area contributed by atoms with Gasteiger partial charge in [0, 0.05) is 24.1 Å². The molecule has 2 N–H and O–H groups in total. The number of hydrogen-bond donors (Lipinski definition) is 2. The molecule has 1 amide bonds. The molecule has 0 unspecified atom stereocenters. The van der Waals surface area contributed by atoms with Crippen molar-refractivity contribution in [2.24, 2.45) is 0 Å². The second-order valence-electron chi connectivity index (χ2n) is 7.02. The number of benzene rings is 2. The highest BCUT2D eigenvalue weighted by atomic mass is 35.5. The summed E-state index contributed by atoms with van der Waals surface area (Å²) in [6.07, 6.45) is 3.58. The van der Waals surface area contributed by atoms with Crippen molar-refractivity contribution in [2.45, 2.75) is 12.8 Å². The van der Waals surface area contributed by atoms with Gasteiger partial charge in [-0.05, 0) is 48.7 Å². The largest absolute Gasteiger partial charge is 0.455 e. The van der Waals surface area contributed by atoms with Crippen LogP contribution in [0.2, 0.25) is 10.0 Å². The molecule has 9 heteroatoms. The molecule has 30 heavy (non-hydrogen) atoms. The van der Waals surface area contributed by atoms with Gasteiger partial charge in [0.05, 0.1) is 15.7 Å². The van der Waals surface area contributed by atoms with Gasteiger partial charge in [-0.2, -0.15) is 4.98 Å². The smallest absolute Gasteiger partial charge is 0.268 e. The predicted octanol–water partition coefficient (Wildman–Crippen LogP) is 4.88. The summed E-state index contributed by atoms with van der Waals surface area (Å²) in [5.41, 5.74) is 3.94. The number of carbonyl (C=O) groups is 1. The van der Waals surface area contributed by atoms with E-state index in [2.05, 4.69) is 26.7 Å². The van der Waals surface area contributed by atoms with Crippen LogP contribution in [0.4, 0.5) is 23.0 Å². The highest BCUT2D eigenvalue weighted by Gasteiger charge is 2.31. The van der Waals surface area contributed by atoms with E-state index in [9.17, 15) is 4.79 Å². The van der Waals surface area contributed by atoms with Gasteiger partial charge in [0.2, 0.25) is 11.8 Å². The number of amides is 1. The monoisotopic (exact) mass is 441 g/mol. The second kappa shape index (κ2) is 7.66. The van der Waals surface area contributed by atoms with Gasteiger partial charge in [-0.3, -0.25) is 9.69 Å². The van der Waals surface area contributed by atoms with E-state index >= 15 is 0 Å². The molecule has 152 valence electrons. The molecule has 1 aromatic heterocycles. The SMILES string of the molecule is O=C1c2cnc(Nc3ccc4c(c3)CCCN4)nc2OCN1c1c(Cl)cccc1Cl. The summed E-state index contributed by atoms with van der Waals surface area (Å²) in [4.78, 5) is 23.0. The van der Waals surface area contributed by atoms with Crippen molar-refractivity contribution in [3.8, 4) is 5.88 Å². The quantitative estimate of drug-likeness (QED) is 0.602. The first-order chi connectivity index (χ1) is 14.6. The lowest BCUT2D eigenvalue weighted by molar-refractivity contribution is 0.0932. The zero-order valence-corrected chi connectivity index (χ0v) is 17.3. The van der Waals surface area contributed by atoms with Crippen molar-refractivity contribution < 1.29 is 9.53 Å². The summed E-state index contributed by atoms with van der Waals surface area (Å²) in [7, 11) is 0. The van der Waals surface area contributed by atoms with Crippen molar-refractivity contribution in [3.05, 3.63) is 63.8 Å². The highest BCUT2D eigenvalue weighted by molar-refractivity contribution is 6.40. The van der Waals surface area contributed by atoms with Crippen LogP contribution in [0.3, 0.4) is 0 Å². The highest BCUT2D eigenvalue weighted by Crippen LogP contribution is 2.37. The Morgan fingerprint density at radius 2 is 2.00 bits per heavy atom. The van der Waals surface area contributed by atoms with E-state index in [1.165, 1.54) is 16.7 Å². The number of ether oxygens (including phenoxy) is 1. The van der Waals surface area contributed by atoms with Crippen LogP contribution in [-0.4, -0.2) is 29.2 Å². The molecule has 2 aliphatic rings. The van der Waals surface area contributed by atoms with Gasteiger partial charge in [0.25, 0.3) is 5.91 Å². The van der Waals surface area contributed by atoms with E-state index < -0.39 is 0 Å². The number of nitrogens with zero attached hydrogens (tertiary/aromatic N) is 3. The molecule has 0 saturated carbocycles. The van der Waals surface area contributed by atoms with Crippen LogP contribution in [0.25, 0.3) is 0 Å². The molecule has 5 rings (SSSR count). The number of anilines is 4. The lowest BCUT2D eigenvalue weighted by Gasteiger charge is -2.29. The third-order valence-electron chi connectivity index (χ3n) is 5.07. The molecule has 0 aliphatic carbocycles. The second-order valence-corrected chi connectivity index (χ2v) is 7.83. The van der Waals surface area contributed by atoms with Gasteiger partial charge in [-0.1, -0.05) is 29.3 Å². The number of aromatic nitrogens is 2. The molecule has 2 aromatic carbocycles. The predicted molar refractivity (Wildman–Crippen MR) is 117 cm³/mol. The number of nitrogens with one attached hydrogen (secondary N) is 2. The summed E-state index contributed by atoms with van der Waals surface area (Å²) >= 11 is 12.5. The lowest BCUT2D eigenvalue weighted by Crippen LogP contribution is -2.39. The van der Waals surface area contributed by atoms with E-state index in [1.54, 1.807) is 18.2 Å². The maximum atomic E-state index is 13.0. The Balaban J connectivity index is 1.40. The summed E-state index contributed by atoms with van der Waals surface area (Å²) in [6.45, 7) is 0.950. The van der Waals surface area contributed by atoms with Gasteiger partial charge in [0.15, 0.2) is 6.73 Å². The van der Waals surface area contributed by atoms with Crippen LogP contribution in [0.1, 0.15) is 22.3 Å². The molecule has 0 bridgehead atoms. The molecule has 3 aromatic rings. The van der Waals surface area contributed by atoms with Gasteiger partial charge >= 0.3 is 0 Å². The van der Waals surface area contributed by atoms with Crippen molar-refractivity contribution in [2.75, 3.05) is 28.8 Å². The molecule has 3 heterocycles.